The fourth-order valence-corrected chi connectivity index (χ4v) is 9.75. The maximum atomic E-state index is 14.0. The van der Waals surface area contributed by atoms with Crippen molar-refractivity contribution in [1.82, 2.24) is 23.9 Å². The van der Waals surface area contributed by atoms with E-state index >= 15 is 0 Å². The van der Waals surface area contributed by atoms with Crippen molar-refractivity contribution < 1.29 is 35.7 Å². The predicted molar refractivity (Wildman–Crippen MR) is 232 cm³/mol. The van der Waals surface area contributed by atoms with Crippen molar-refractivity contribution >= 4 is 100 Å². The van der Waals surface area contributed by atoms with E-state index in [0.29, 0.717) is 22.6 Å². The number of halogens is 8. The van der Waals surface area contributed by atoms with Gasteiger partial charge in [-0.2, -0.15) is 18.4 Å². The summed E-state index contributed by atoms with van der Waals surface area (Å²) >= 11 is 8.48. The normalized spacial score (nSPS) is 12.8. The summed E-state index contributed by atoms with van der Waals surface area (Å²) in [6.45, 7) is 3.01. The molecule has 0 fully saturated rings. The third-order valence-electron chi connectivity index (χ3n) is 10.9. The molecule has 1 amide bonds. The third kappa shape index (κ3) is 7.18. The number of para-hydroxylation sites is 1. The topological polar surface area (TPSA) is 117 Å². The van der Waals surface area contributed by atoms with Gasteiger partial charge in [-0.3, -0.25) is 4.79 Å². The first-order chi connectivity index (χ1) is 30.1. The lowest BCUT2D eigenvalue weighted by Crippen LogP contribution is -2.26. The second kappa shape index (κ2) is 15.8. The predicted octanol–water partition coefficient (Wildman–Crippen LogP) is 12.6. The monoisotopic (exact) mass is 915 g/mol. The van der Waals surface area contributed by atoms with Crippen LogP contribution in [0.4, 0.5) is 32.2 Å². The quantitative estimate of drug-likeness (QED) is 0.0879. The van der Waals surface area contributed by atoms with Crippen molar-refractivity contribution in [2.75, 3.05) is 5.32 Å². The molecule has 1 atom stereocenters. The number of carbonyl (C=O) groups is 1. The number of fused-ring (bicyclic) bond motifs is 9. The molecule has 63 heavy (non-hydrogen) atoms. The van der Waals surface area contributed by atoms with E-state index < -0.39 is 66.5 Å². The Morgan fingerprint density at radius 1 is 0.810 bits per heavy atom. The maximum Gasteiger partial charge on any atom is 0.578 e. The molecule has 6 aromatic carbocycles. The molecule has 0 aliphatic carbocycles. The first-order valence-corrected chi connectivity index (χ1v) is 21.2. The number of rotatable bonds is 9. The smallest absolute Gasteiger partial charge is 0.578 e. The first kappa shape index (κ1) is 42.1. The van der Waals surface area contributed by atoms with Crippen LogP contribution in [0.1, 0.15) is 31.0 Å². The lowest BCUT2D eigenvalue weighted by Gasteiger charge is -2.17. The summed E-state index contributed by atoms with van der Waals surface area (Å²) in [5.74, 6) is -1.19. The summed E-state index contributed by atoms with van der Waals surface area (Å²) in [5.41, 5.74) is -3.90. The Kier molecular flexibility index (Phi) is 10.6. The molecule has 0 saturated heterocycles. The lowest BCUT2D eigenvalue weighted by molar-refractivity contribution is -0.137. The molecule has 9 rings (SSSR count). The largest absolute Gasteiger partial charge is 0.604 e. The van der Waals surface area contributed by atoms with Crippen LogP contribution in [0.25, 0.3) is 71.5 Å². The maximum absolute atomic E-state index is 14.0. The van der Waals surface area contributed by atoms with Crippen LogP contribution >= 0.6 is 23.2 Å². The lowest BCUT2D eigenvalue weighted by atomic mass is 10.00. The number of nitrogens with zero attached hydrogens (tertiary/aromatic N) is 6. The van der Waals surface area contributed by atoms with Crippen LogP contribution in [0, 0.1) is 11.3 Å². The fourth-order valence-electron chi connectivity index (χ4n) is 8.30. The Bertz CT molecular complexity index is 3350. The standard InChI is InChI=1S/C45H29Cl2F6N7O2S/c1-2-58-35-15-8-7-12-28(35)31-20-24(17-18-36(31)58)42-56-38-29-13-5-3-10-26(29)27-11-4-6-14-30(27)39(38)59(42)19-9-16-37(61)55-43-41(63(62)45(51,52)53)34(23-54)57-60(43)40-32(46)21-25(22-33(40)47)44(48,49)50/h3-8,10-15,17-18,20-22H,2,9,16,19H2,1H3,(H,55,61). The Morgan fingerprint density at radius 2 is 1.41 bits per heavy atom. The molecule has 0 bridgehead atoms. The number of benzene rings is 6. The molecule has 9 nitrogen and oxygen atoms in total. The Labute approximate surface area is 366 Å². The van der Waals surface area contributed by atoms with E-state index in [9.17, 15) is 41.0 Å². The van der Waals surface area contributed by atoms with Gasteiger partial charge in [0.2, 0.25) is 16.5 Å². The van der Waals surface area contributed by atoms with Crippen LogP contribution in [-0.4, -0.2) is 39.9 Å². The van der Waals surface area contributed by atoms with Crippen molar-refractivity contribution in [2.45, 2.75) is 49.4 Å². The summed E-state index contributed by atoms with van der Waals surface area (Å²) in [4.78, 5) is 17.9. The summed E-state index contributed by atoms with van der Waals surface area (Å²) in [5, 5.41) is 20.3. The highest BCUT2D eigenvalue weighted by Gasteiger charge is 2.51. The Hall–Kier alpha value is -6.25. The number of aryl methyl sites for hydroxylation is 2. The molecule has 0 aliphatic rings. The van der Waals surface area contributed by atoms with Gasteiger partial charge in [-0.15, -0.1) is 18.3 Å². The van der Waals surface area contributed by atoms with E-state index in [1.165, 1.54) is 6.07 Å². The van der Waals surface area contributed by atoms with Gasteiger partial charge in [0.25, 0.3) is 0 Å². The summed E-state index contributed by atoms with van der Waals surface area (Å²) in [7, 11) is 0. The van der Waals surface area contributed by atoms with Gasteiger partial charge in [0, 0.05) is 57.7 Å². The minimum absolute atomic E-state index is 0.0849. The fraction of sp³-hybridized carbons (Fsp3) is 0.156. The van der Waals surface area contributed by atoms with Gasteiger partial charge in [-0.05, 0) is 60.5 Å². The minimum atomic E-state index is -5.44. The van der Waals surface area contributed by atoms with Gasteiger partial charge in [0.15, 0.2) is 5.82 Å². The molecule has 1 unspecified atom stereocenters. The highest BCUT2D eigenvalue weighted by atomic mass is 35.5. The van der Waals surface area contributed by atoms with Crippen LogP contribution in [0.2, 0.25) is 10.0 Å². The van der Waals surface area contributed by atoms with Crippen LogP contribution in [0.3, 0.4) is 0 Å². The summed E-state index contributed by atoms with van der Waals surface area (Å²) in [6, 6.07) is 32.4. The molecular weight excluding hydrogens is 888 g/mol. The van der Waals surface area contributed by atoms with Gasteiger partial charge in [0.05, 0.1) is 26.6 Å². The zero-order valence-electron chi connectivity index (χ0n) is 32.6. The van der Waals surface area contributed by atoms with Gasteiger partial charge in [0.1, 0.15) is 28.8 Å². The average molecular weight is 917 g/mol. The van der Waals surface area contributed by atoms with E-state index in [1.54, 1.807) is 0 Å². The second-order valence-corrected chi connectivity index (χ2v) is 16.8. The van der Waals surface area contributed by atoms with Crippen LogP contribution in [0.5, 0.6) is 0 Å². The number of amides is 1. The zero-order chi connectivity index (χ0) is 44.5. The SMILES string of the molecule is CCn1c2ccccc2c2cc(-c3nc4c5ccccc5c5ccccc5c4n3CCCC(=O)Nc3c([S+]([O-])C(F)(F)F)c(C#N)nn3-c3c(Cl)cc(C(F)(F)F)cc3Cl)ccc21. The molecule has 9 aromatic rings. The highest BCUT2D eigenvalue weighted by Crippen LogP contribution is 2.43. The molecule has 0 aliphatic heterocycles. The van der Waals surface area contributed by atoms with Gasteiger partial charge < -0.3 is 19.0 Å². The number of carbonyl (C=O) groups excluding carboxylic acids is 1. The van der Waals surface area contributed by atoms with E-state index in [4.69, 9.17) is 28.2 Å². The van der Waals surface area contributed by atoms with Crippen molar-refractivity contribution in [3.63, 3.8) is 0 Å². The molecule has 318 valence electrons. The number of hydrogen-bond donors (Lipinski definition) is 1. The van der Waals surface area contributed by atoms with Crippen molar-refractivity contribution in [1.29, 1.82) is 5.26 Å². The van der Waals surface area contributed by atoms with Crippen LogP contribution < -0.4 is 5.32 Å². The summed E-state index contributed by atoms with van der Waals surface area (Å²) < 4.78 is 100. The number of imidazole rings is 1. The first-order valence-electron chi connectivity index (χ1n) is 19.3. The summed E-state index contributed by atoms with van der Waals surface area (Å²) in [6.07, 6.45) is -5.16. The average Bonchev–Trinajstić information content (AvgIpc) is 3.92. The Morgan fingerprint density at radius 3 is 2.05 bits per heavy atom. The van der Waals surface area contributed by atoms with Gasteiger partial charge >= 0.3 is 11.7 Å². The molecule has 18 heteroatoms. The number of alkyl halides is 6. The van der Waals surface area contributed by atoms with Crippen LogP contribution in [0.15, 0.2) is 108 Å². The Balaban J connectivity index is 1.14. The van der Waals surface area contributed by atoms with E-state index in [1.807, 2.05) is 71.3 Å². The molecule has 3 aromatic heterocycles. The van der Waals surface area contributed by atoms with Crippen molar-refractivity contribution in [3.05, 3.63) is 124 Å². The number of nitrogens with one attached hydrogen (secondary N) is 1. The van der Waals surface area contributed by atoms with E-state index in [0.717, 1.165) is 66.5 Å². The number of anilines is 1. The van der Waals surface area contributed by atoms with Gasteiger partial charge in [-0.25, -0.2) is 9.67 Å². The second-order valence-electron chi connectivity index (χ2n) is 14.6. The van der Waals surface area contributed by atoms with E-state index in [2.05, 4.69) is 46.2 Å². The van der Waals surface area contributed by atoms with Gasteiger partial charge in [-0.1, -0.05) is 89.9 Å². The zero-order valence-corrected chi connectivity index (χ0v) is 34.9. The highest BCUT2D eigenvalue weighted by molar-refractivity contribution is 7.92. The molecular formula is C45H29Cl2F6N7O2S. The number of nitriles is 1. The molecule has 0 saturated carbocycles. The number of aromatic nitrogens is 5. The molecule has 1 N–H and O–H groups in total. The number of hydrogen-bond acceptors (Lipinski definition) is 5. The molecule has 3 heterocycles. The van der Waals surface area contributed by atoms with E-state index in [-0.39, 0.29) is 19.4 Å². The molecule has 0 radical (unpaired) electrons. The minimum Gasteiger partial charge on any atom is -0.604 e. The van der Waals surface area contributed by atoms with Crippen LogP contribution in [-0.2, 0) is 35.2 Å². The third-order valence-corrected chi connectivity index (χ3v) is 12.7. The van der Waals surface area contributed by atoms with Crippen molar-refractivity contribution in [3.8, 4) is 23.1 Å². The van der Waals surface area contributed by atoms with Crippen molar-refractivity contribution in [2.24, 2.45) is 0 Å². The molecule has 0 spiro atoms.